The number of hydrogen-bond acceptors (Lipinski definition) is 3. The number of anilines is 1. The lowest BCUT2D eigenvalue weighted by Crippen LogP contribution is -2.42. The highest BCUT2D eigenvalue weighted by atomic mass is 16.2. The van der Waals surface area contributed by atoms with Gasteiger partial charge in [0.15, 0.2) is 0 Å². The molecule has 0 saturated carbocycles. The zero-order valence-corrected chi connectivity index (χ0v) is 17.4. The zero-order chi connectivity index (χ0) is 20.3. The molecule has 4 nitrogen and oxygen atoms in total. The fourth-order valence-electron chi connectivity index (χ4n) is 3.59. The normalized spacial score (nSPS) is 15.3. The summed E-state index contributed by atoms with van der Waals surface area (Å²) in [5.74, 6) is -0.0757. The fraction of sp³-hybridized carbons (Fsp3) is 0.333. The van der Waals surface area contributed by atoms with Crippen molar-refractivity contribution < 1.29 is 4.79 Å². The summed E-state index contributed by atoms with van der Waals surface area (Å²) in [6.07, 6.45) is 5.17. The van der Waals surface area contributed by atoms with Gasteiger partial charge in [0.2, 0.25) is 5.91 Å². The van der Waals surface area contributed by atoms with Crippen molar-refractivity contribution in [1.82, 2.24) is 5.43 Å². The third kappa shape index (κ3) is 4.33. The molecule has 4 heteroatoms. The maximum Gasteiger partial charge on any atom is 0.240 e. The Kier molecular flexibility index (Phi) is 5.68. The first kappa shape index (κ1) is 19.9. The first-order valence-corrected chi connectivity index (χ1v) is 9.72. The summed E-state index contributed by atoms with van der Waals surface area (Å²) in [4.78, 5) is 14.4. The van der Waals surface area contributed by atoms with E-state index in [1.807, 2.05) is 30.3 Å². The van der Waals surface area contributed by atoms with E-state index in [9.17, 15) is 4.79 Å². The summed E-state index contributed by atoms with van der Waals surface area (Å²) < 4.78 is 0. The molecule has 0 bridgehead atoms. The van der Waals surface area contributed by atoms with Crippen LogP contribution < -0.4 is 10.3 Å². The number of benzene rings is 2. The molecule has 0 radical (unpaired) electrons. The second-order valence-electron chi connectivity index (χ2n) is 8.04. The topological polar surface area (TPSA) is 44.7 Å². The first-order valence-electron chi connectivity index (χ1n) is 9.72. The molecule has 2 aromatic carbocycles. The van der Waals surface area contributed by atoms with Crippen LogP contribution in [0, 0.1) is 6.92 Å². The number of nitrogens with zero attached hydrogens (tertiary/aromatic N) is 2. The molecular formula is C24H29N3O. The predicted octanol–water partition coefficient (Wildman–Crippen LogP) is 4.71. The lowest BCUT2D eigenvalue weighted by Gasteiger charge is -2.41. The van der Waals surface area contributed by atoms with Gasteiger partial charge < -0.3 is 4.90 Å². The van der Waals surface area contributed by atoms with Gasteiger partial charge in [-0.15, -0.1) is 0 Å². The molecule has 1 heterocycles. The van der Waals surface area contributed by atoms with E-state index >= 15 is 0 Å². The van der Waals surface area contributed by atoms with Crippen LogP contribution in [-0.2, 0) is 11.2 Å². The van der Waals surface area contributed by atoms with E-state index in [1.165, 1.54) is 16.8 Å². The van der Waals surface area contributed by atoms with E-state index < -0.39 is 0 Å². The minimum atomic E-state index is -0.0757. The second-order valence-corrected chi connectivity index (χ2v) is 8.04. The molecule has 3 rings (SSSR count). The van der Waals surface area contributed by atoms with Gasteiger partial charge in [-0.05, 0) is 68.5 Å². The van der Waals surface area contributed by atoms with Gasteiger partial charge >= 0.3 is 0 Å². The Morgan fingerprint density at radius 3 is 2.61 bits per heavy atom. The number of nitrogens with one attached hydrogen (secondary N) is 1. The van der Waals surface area contributed by atoms with Crippen LogP contribution in [0.3, 0.4) is 0 Å². The lowest BCUT2D eigenvalue weighted by atomic mass is 9.87. The van der Waals surface area contributed by atoms with Crippen LogP contribution in [0.15, 0.2) is 53.6 Å². The predicted molar refractivity (Wildman–Crippen MR) is 118 cm³/mol. The number of likely N-dealkylation sites (N-methyl/N-ethyl adjacent to an activating group) is 1. The SMILES string of the molecule is CC1=CC(C)(C)N(C)c2cc(C)c(/C=N/NC(=O)CCc3ccccc3)cc21. The summed E-state index contributed by atoms with van der Waals surface area (Å²) in [5.41, 5.74) is 9.65. The Hall–Kier alpha value is -2.88. The molecule has 1 aliphatic rings. The molecule has 0 aliphatic carbocycles. The molecule has 2 aromatic rings. The van der Waals surface area contributed by atoms with Crippen molar-refractivity contribution in [3.63, 3.8) is 0 Å². The van der Waals surface area contributed by atoms with E-state index in [2.05, 4.69) is 68.4 Å². The van der Waals surface area contributed by atoms with Gasteiger partial charge in [0, 0.05) is 24.7 Å². The Morgan fingerprint density at radius 1 is 1.18 bits per heavy atom. The van der Waals surface area contributed by atoms with E-state index in [1.54, 1.807) is 6.21 Å². The standard InChI is InChI=1S/C24H29N3O/c1-17-13-22-21(18(2)15-24(3,4)27(22)5)14-20(17)16-25-26-23(28)12-11-19-9-7-6-8-10-19/h6-10,13-16H,11-12H2,1-5H3,(H,26,28)/b25-16+. The summed E-state index contributed by atoms with van der Waals surface area (Å²) in [7, 11) is 2.13. The van der Waals surface area contributed by atoms with Gasteiger partial charge in [-0.3, -0.25) is 4.79 Å². The summed E-state index contributed by atoms with van der Waals surface area (Å²) in [6.45, 7) is 8.66. The van der Waals surface area contributed by atoms with Gasteiger partial charge in [0.25, 0.3) is 0 Å². The molecule has 0 atom stereocenters. The number of hydrogen-bond donors (Lipinski definition) is 1. The lowest BCUT2D eigenvalue weighted by molar-refractivity contribution is -0.121. The molecule has 146 valence electrons. The average molecular weight is 376 g/mol. The number of carbonyl (C=O) groups is 1. The van der Waals surface area contributed by atoms with Crippen molar-refractivity contribution in [2.24, 2.45) is 5.10 Å². The molecule has 1 amide bonds. The smallest absolute Gasteiger partial charge is 0.240 e. The Morgan fingerprint density at radius 2 is 1.89 bits per heavy atom. The number of hydrazone groups is 1. The van der Waals surface area contributed by atoms with Crippen molar-refractivity contribution in [2.45, 2.75) is 46.1 Å². The number of rotatable bonds is 5. The quantitative estimate of drug-likeness (QED) is 0.608. The van der Waals surface area contributed by atoms with Gasteiger partial charge in [0.05, 0.1) is 11.8 Å². The van der Waals surface area contributed by atoms with Crippen LogP contribution in [0.2, 0.25) is 0 Å². The highest BCUT2D eigenvalue weighted by Gasteiger charge is 2.28. The van der Waals surface area contributed by atoms with Gasteiger partial charge in [-0.2, -0.15) is 5.10 Å². The van der Waals surface area contributed by atoms with Crippen LogP contribution in [0.1, 0.15) is 49.4 Å². The molecule has 0 spiro atoms. The number of carbonyl (C=O) groups excluding carboxylic acids is 1. The van der Waals surface area contributed by atoms with Gasteiger partial charge in [-0.1, -0.05) is 36.4 Å². The maximum absolute atomic E-state index is 12.1. The summed E-state index contributed by atoms with van der Waals surface area (Å²) >= 11 is 0. The fourth-order valence-corrected chi connectivity index (χ4v) is 3.59. The second kappa shape index (κ2) is 8.01. The number of aryl methyl sites for hydroxylation is 2. The van der Waals surface area contributed by atoms with E-state index in [4.69, 9.17) is 0 Å². The van der Waals surface area contributed by atoms with E-state index in [0.717, 1.165) is 16.7 Å². The third-order valence-corrected chi connectivity index (χ3v) is 5.48. The van der Waals surface area contributed by atoms with Crippen molar-refractivity contribution >= 4 is 23.4 Å². The molecule has 0 aromatic heterocycles. The van der Waals surface area contributed by atoms with Crippen LogP contribution in [0.4, 0.5) is 5.69 Å². The number of fused-ring (bicyclic) bond motifs is 1. The largest absolute Gasteiger partial charge is 0.365 e. The monoisotopic (exact) mass is 375 g/mol. The minimum Gasteiger partial charge on any atom is -0.365 e. The molecule has 0 unspecified atom stereocenters. The maximum atomic E-state index is 12.1. The highest BCUT2D eigenvalue weighted by molar-refractivity contribution is 5.90. The van der Waals surface area contributed by atoms with Crippen LogP contribution >= 0.6 is 0 Å². The molecular weight excluding hydrogens is 346 g/mol. The van der Waals surface area contributed by atoms with Crippen molar-refractivity contribution in [3.05, 3.63) is 70.8 Å². The Labute approximate surface area is 168 Å². The summed E-state index contributed by atoms with van der Waals surface area (Å²) in [6, 6.07) is 14.4. The van der Waals surface area contributed by atoms with Crippen LogP contribution in [-0.4, -0.2) is 24.7 Å². The zero-order valence-electron chi connectivity index (χ0n) is 17.4. The molecule has 1 N–H and O–H groups in total. The minimum absolute atomic E-state index is 0.00808. The number of amides is 1. The van der Waals surface area contributed by atoms with Gasteiger partial charge in [-0.25, -0.2) is 5.43 Å². The Bertz CT molecular complexity index is 926. The average Bonchev–Trinajstić information content (AvgIpc) is 2.66. The van der Waals surface area contributed by atoms with Crippen LogP contribution in [0.5, 0.6) is 0 Å². The molecule has 1 aliphatic heterocycles. The first-order chi connectivity index (χ1) is 13.3. The van der Waals surface area contributed by atoms with Crippen molar-refractivity contribution in [3.8, 4) is 0 Å². The highest BCUT2D eigenvalue weighted by Crippen LogP contribution is 2.38. The van der Waals surface area contributed by atoms with Gasteiger partial charge in [0.1, 0.15) is 0 Å². The van der Waals surface area contributed by atoms with Crippen molar-refractivity contribution in [2.75, 3.05) is 11.9 Å². The molecule has 0 saturated heterocycles. The van der Waals surface area contributed by atoms with Crippen LogP contribution in [0.25, 0.3) is 5.57 Å². The molecule has 0 fully saturated rings. The summed E-state index contributed by atoms with van der Waals surface area (Å²) in [5, 5.41) is 4.18. The number of allylic oxidation sites excluding steroid dienone is 1. The van der Waals surface area contributed by atoms with Crippen molar-refractivity contribution in [1.29, 1.82) is 0 Å². The van der Waals surface area contributed by atoms with E-state index in [-0.39, 0.29) is 11.4 Å². The van der Waals surface area contributed by atoms with E-state index in [0.29, 0.717) is 12.8 Å². The third-order valence-electron chi connectivity index (χ3n) is 5.48. The Balaban J connectivity index is 1.68. The molecule has 28 heavy (non-hydrogen) atoms.